The fourth-order valence-electron chi connectivity index (χ4n) is 6.28. The van der Waals surface area contributed by atoms with E-state index in [0.29, 0.717) is 0 Å². The number of rotatable bonds is 5. The SMILES string of the molecule is CC1(C)c2ccccc2-c2ccc(-c3ccc(N(c4ccc(Br)cc4)c4ccc(Br)cc4)cc3-c3ccccc3)cc21. The Morgan fingerprint density at radius 3 is 1.64 bits per heavy atom. The van der Waals surface area contributed by atoms with E-state index in [4.69, 9.17) is 0 Å². The second kappa shape index (κ2) is 10.7. The molecule has 0 aliphatic heterocycles. The quantitative estimate of drug-likeness (QED) is 0.176. The third kappa shape index (κ3) is 4.71. The predicted molar refractivity (Wildman–Crippen MR) is 185 cm³/mol. The van der Waals surface area contributed by atoms with Crippen molar-refractivity contribution in [2.45, 2.75) is 19.3 Å². The highest BCUT2D eigenvalue weighted by molar-refractivity contribution is 9.10. The summed E-state index contributed by atoms with van der Waals surface area (Å²) in [4.78, 5) is 2.32. The number of benzene rings is 6. The molecule has 1 aliphatic carbocycles. The van der Waals surface area contributed by atoms with Gasteiger partial charge < -0.3 is 4.90 Å². The first-order chi connectivity index (χ1) is 20.4. The number of fused-ring (bicyclic) bond motifs is 3. The van der Waals surface area contributed by atoms with Crippen molar-refractivity contribution in [1.29, 1.82) is 0 Å². The summed E-state index contributed by atoms with van der Waals surface area (Å²) in [5.74, 6) is 0. The molecule has 204 valence electrons. The van der Waals surface area contributed by atoms with Gasteiger partial charge in [0.15, 0.2) is 0 Å². The van der Waals surface area contributed by atoms with Crippen molar-refractivity contribution in [2.75, 3.05) is 4.90 Å². The van der Waals surface area contributed by atoms with E-state index < -0.39 is 0 Å². The minimum Gasteiger partial charge on any atom is -0.310 e. The van der Waals surface area contributed by atoms with Crippen LogP contribution in [0.15, 0.2) is 148 Å². The molecule has 0 N–H and O–H groups in total. The molecule has 7 rings (SSSR count). The number of anilines is 3. The van der Waals surface area contributed by atoms with Gasteiger partial charge in [0.2, 0.25) is 0 Å². The second-order valence-electron chi connectivity index (χ2n) is 11.3. The molecule has 6 aromatic rings. The monoisotopic (exact) mass is 669 g/mol. The Morgan fingerprint density at radius 2 is 0.976 bits per heavy atom. The van der Waals surface area contributed by atoms with Gasteiger partial charge in [-0.25, -0.2) is 0 Å². The molecule has 0 unspecified atom stereocenters. The second-order valence-corrected chi connectivity index (χ2v) is 13.1. The molecule has 0 radical (unpaired) electrons. The number of hydrogen-bond donors (Lipinski definition) is 0. The Hall–Kier alpha value is -3.92. The molecule has 0 spiro atoms. The van der Waals surface area contributed by atoms with Gasteiger partial charge in [0.25, 0.3) is 0 Å². The van der Waals surface area contributed by atoms with Crippen LogP contribution in [0.5, 0.6) is 0 Å². The van der Waals surface area contributed by atoms with E-state index >= 15 is 0 Å². The molecule has 0 aromatic heterocycles. The molecule has 0 fully saturated rings. The lowest BCUT2D eigenvalue weighted by atomic mass is 9.81. The summed E-state index contributed by atoms with van der Waals surface area (Å²) in [5.41, 5.74) is 13.6. The molecule has 6 aromatic carbocycles. The first-order valence-electron chi connectivity index (χ1n) is 14.2. The van der Waals surface area contributed by atoms with Crippen molar-refractivity contribution in [3.63, 3.8) is 0 Å². The Kier molecular flexibility index (Phi) is 6.88. The molecule has 1 aliphatic rings. The van der Waals surface area contributed by atoms with Crippen LogP contribution in [0.4, 0.5) is 17.1 Å². The predicted octanol–water partition coefficient (Wildman–Crippen LogP) is 12.3. The Morgan fingerprint density at radius 1 is 0.429 bits per heavy atom. The van der Waals surface area contributed by atoms with Crippen molar-refractivity contribution in [3.8, 4) is 33.4 Å². The molecule has 3 heteroatoms. The average Bonchev–Trinajstić information content (AvgIpc) is 3.25. The van der Waals surface area contributed by atoms with E-state index in [0.717, 1.165) is 26.0 Å². The zero-order valence-electron chi connectivity index (χ0n) is 23.5. The summed E-state index contributed by atoms with van der Waals surface area (Å²) in [5, 5.41) is 0. The van der Waals surface area contributed by atoms with Crippen LogP contribution in [0, 0.1) is 0 Å². The van der Waals surface area contributed by atoms with Crippen LogP contribution in [0.25, 0.3) is 33.4 Å². The fraction of sp³-hybridized carbons (Fsp3) is 0.0769. The van der Waals surface area contributed by atoms with Crippen LogP contribution >= 0.6 is 31.9 Å². The molecule has 0 saturated carbocycles. The van der Waals surface area contributed by atoms with Crippen molar-refractivity contribution in [3.05, 3.63) is 160 Å². The van der Waals surface area contributed by atoms with Gasteiger partial charge in [-0.15, -0.1) is 0 Å². The normalized spacial score (nSPS) is 13.0. The zero-order chi connectivity index (χ0) is 28.8. The third-order valence-corrected chi connectivity index (χ3v) is 9.47. The Bertz CT molecular complexity index is 1860. The standard InChI is InChI=1S/C39H29Br2N/c1-39(2)37-11-7-6-10-34(37)35-22-12-27(24-38(35)39)33-23-21-32(25-36(33)26-8-4-3-5-9-26)42(30-17-13-28(40)14-18-30)31-19-15-29(41)16-20-31/h3-25H,1-2H3. The lowest BCUT2D eigenvalue weighted by Crippen LogP contribution is -2.14. The van der Waals surface area contributed by atoms with E-state index in [1.165, 1.54) is 44.5 Å². The maximum absolute atomic E-state index is 3.61. The number of nitrogens with zero attached hydrogens (tertiary/aromatic N) is 1. The van der Waals surface area contributed by atoms with E-state index in [9.17, 15) is 0 Å². The van der Waals surface area contributed by atoms with Crippen LogP contribution in [-0.2, 0) is 5.41 Å². The van der Waals surface area contributed by atoms with E-state index in [1.807, 2.05) is 0 Å². The molecule has 0 saturated heterocycles. The molecule has 0 atom stereocenters. The van der Waals surface area contributed by atoms with Crippen molar-refractivity contribution < 1.29 is 0 Å². The van der Waals surface area contributed by atoms with Gasteiger partial charge in [0.1, 0.15) is 0 Å². The summed E-state index contributed by atoms with van der Waals surface area (Å²) in [6, 6.07) is 50.5. The third-order valence-electron chi connectivity index (χ3n) is 8.41. The first kappa shape index (κ1) is 26.9. The summed E-state index contributed by atoms with van der Waals surface area (Å²) >= 11 is 7.22. The Balaban J connectivity index is 1.41. The topological polar surface area (TPSA) is 3.24 Å². The van der Waals surface area contributed by atoms with Gasteiger partial charge in [0, 0.05) is 31.4 Å². The van der Waals surface area contributed by atoms with Crippen LogP contribution in [0.1, 0.15) is 25.0 Å². The van der Waals surface area contributed by atoms with Crippen molar-refractivity contribution >= 4 is 48.9 Å². The summed E-state index contributed by atoms with van der Waals surface area (Å²) in [6.07, 6.45) is 0. The van der Waals surface area contributed by atoms with Gasteiger partial charge in [-0.05, 0) is 111 Å². The lowest BCUT2D eigenvalue weighted by molar-refractivity contribution is 0.660. The summed E-state index contributed by atoms with van der Waals surface area (Å²) < 4.78 is 2.12. The molecule has 42 heavy (non-hydrogen) atoms. The van der Waals surface area contributed by atoms with E-state index in [2.05, 4.69) is 190 Å². The van der Waals surface area contributed by atoms with Crippen LogP contribution in [-0.4, -0.2) is 0 Å². The zero-order valence-corrected chi connectivity index (χ0v) is 26.7. The average molecular weight is 671 g/mol. The minimum absolute atomic E-state index is 0.0469. The maximum atomic E-state index is 3.61. The van der Waals surface area contributed by atoms with Gasteiger partial charge in [-0.3, -0.25) is 0 Å². The number of hydrogen-bond acceptors (Lipinski definition) is 1. The largest absolute Gasteiger partial charge is 0.310 e. The molecular formula is C39H29Br2N. The van der Waals surface area contributed by atoms with Crippen LogP contribution in [0.2, 0.25) is 0 Å². The van der Waals surface area contributed by atoms with Crippen LogP contribution in [0.3, 0.4) is 0 Å². The minimum atomic E-state index is -0.0469. The highest BCUT2D eigenvalue weighted by Gasteiger charge is 2.35. The van der Waals surface area contributed by atoms with Crippen LogP contribution < -0.4 is 4.90 Å². The Labute approximate surface area is 264 Å². The highest BCUT2D eigenvalue weighted by Crippen LogP contribution is 2.50. The maximum Gasteiger partial charge on any atom is 0.0468 e. The molecule has 0 heterocycles. The summed E-state index contributed by atoms with van der Waals surface area (Å²) in [6.45, 7) is 4.69. The number of halogens is 2. The highest BCUT2D eigenvalue weighted by atomic mass is 79.9. The van der Waals surface area contributed by atoms with Gasteiger partial charge in [-0.2, -0.15) is 0 Å². The lowest BCUT2D eigenvalue weighted by Gasteiger charge is -2.27. The van der Waals surface area contributed by atoms with Crippen molar-refractivity contribution in [1.82, 2.24) is 0 Å². The molecule has 0 amide bonds. The van der Waals surface area contributed by atoms with Gasteiger partial charge in [-0.1, -0.05) is 119 Å². The van der Waals surface area contributed by atoms with E-state index in [-0.39, 0.29) is 5.41 Å². The summed E-state index contributed by atoms with van der Waals surface area (Å²) in [7, 11) is 0. The van der Waals surface area contributed by atoms with E-state index in [1.54, 1.807) is 0 Å². The first-order valence-corrected chi connectivity index (χ1v) is 15.7. The smallest absolute Gasteiger partial charge is 0.0468 e. The van der Waals surface area contributed by atoms with Crippen molar-refractivity contribution in [2.24, 2.45) is 0 Å². The molecule has 1 nitrogen and oxygen atoms in total. The van der Waals surface area contributed by atoms with Gasteiger partial charge in [0.05, 0.1) is 0 Å². The fourth-order valence-corrected chi connectivity index (χ4v) is 6.81. The van der Waals surface area contributed by atoms with Gasteiger partial charge >= 0.3 is 0 Å². The molecule has 0 bridgehead atoms. The molecular weight excluding hydrogens is 642 g/mol.